The number of carboxylic acids is 1. The summed E-state index contributed by atoms with van der Waals surface area (Å²) in [5.74, 6) is -1.31. The van der Waals surface area contributed by atoms with Crippen molar-refractivity contribution in [1.29, 1.82) is 0 Å². The lowest BCUT2D eigenvalue weighted by atomic mass is 9.86. The minimum atomic E-state index is -1.42. The Morgan fingerprint density at radius 3 is 1.26 bits per heavy atom. The molecule has 0 aliphatic carbocycles. The minimum Gasteiger partial charge on any atom is -0.480 e. The summed E-state index contributed by atoms with van der Waals surface area (Å²) in [5, 5.41) is 9.52. The van der Waals surface area contributed by atoms with Crippen LogP contribution in [0.5, 0.6) is 0 Å². The first-order chi connectivity index (χ1) is 9.96. The highest BCUT2D eigenvalue weighted by atomic mass is 16.6. The molecule has 7 heteroatoms. The van der Waals surface area contributed by atoms with Gasteiger partial charge in [0.15, 0.2) is 0 Å². The fraction of sp³-hybridized carbons (Fsp3) is 0.812. The van der Waals surface area contributed by atoms with Crippen molar-refractivity contribution < 1.29 is 29.0 Å². The van der Waals surface area contributed by atoms with E-state index in [0.29, 0.717) is 4.90 Å². The number of carbonyl (C=O) groups excluding carboxylic acids is 2. The summed E-state index contributed by atoms with van der Waals surface area (Å²) in [5.41, 5.74) is -2.66. The third-order valence-corrected chi connectivity index (χ3v) is 2.49. The largest absolute Gasteiger partial charge is 0.480 e. The highest BCUT2D eigenvalue weighted by Crippen LogP contribution is 2.28. The SMILES string of the molecule is CC(C)(C)OC(=O)N(C(=O)OC(C)(C)C)[C@H](C(=O)O)C(C)(C)C. The molecule has 0 aromatic carbocycles. The Morgan fingerprint density at radius 1 is 0.783 bits per heavy atom. The van der Waals surface area contributed by atoms with Gasteiger partial charge < -0.3 is 14.6 Å². The summed E-state index contributed by atoms with van der Waals surface area (Å²) in [6, 6.07) is -1.42. The molecular formula is C16H29NO6. The van der Waals surface area contributed by atoms with Crippen molar-refractivity contribution in [2.24, 2.45) is 5.41 Å². The van der Waals surface area contributed by atoms with Crippen molar-refractivity contribution in [3.63, 3.8) is 0 Å². The van der Waals surface area contributed by atoms with Crippen LogP contribution in [0.2, 0.25) is 0 Å². The average molecular weight is 331 g/mol. The van der Waals surface area contributed by atoms with Crippen LogP contribution in [0.3, 0.4) is 0 Å². The third kappa shape index (κ3) is 7.34. The molecule has 1 atom stereocenters. The average Bonchev–Trinajstić information content (AvgIpc) is 2.17. The van der Waals surface area contributed by atoms with E-state index >= 15 is 0 Å². The van der Waals surface area contributed by atoms with Gasteiger partial charge in [-0.1, -0.05) is 20.8 Å². The van der Waals surface area contributed by atoms with E-state index in [9.17, 15) is 19.5 Å². The Morgan fingerprint density at radius 2 is 1.09 bits per heavy atom. The van der Waals surface area contributed by atoms with E-state index in [4.69, 9.17) is 9.47 Å². The molecule has 0 saturated heterocycles. The molecular weight excluding hydrogens is 302 g/mol. The fourth-order valence-electron chi connectivity index (χ4n) is 1.78. The lowest BCUT2D eigenvalue weighted by Gasteiger charge is -2.37. The summed E-state index contributed by atoms with van der Waals surface area (Å²) in [4.78, 5) is 37.0. The Kier molecular flexibility index (Phi) is 6.24. The number of imide groups is 1. The van der Waals surface area contributed by atoms with Crippen molar-refractivity contribution in [2.75, 3.05) is 0 Å². The topological polar surface area (TPSA) is 93.1 Å². The molecule has 0 aliphatic rings. The van der Waals surface area contributed by atoms with Gasteiger partial charge in [-0.05, 0) is 47.0 Å². The smallest absolute Gasteiger partial charge is 0.420 e. The first kappa shape index (κ1) is 21.2. The maximum Gasteiger partial charge on any atom is 0.420 e. The molecule has 0 aromatic rings. The van der Waals surface area contributed by atoms with Crippen molar-refractivity contribution in [3.8, 4) is 0 Å². The number of hydrogen-bond acceptors (Lipinski definition) is 5. The van der Waals surface area contributed by atoms with Gasteiger partial charge in [0.05, 0.1) is 0 Å². The van der Waals surface area contributed by atoms with Gasteiger partial charge in [0, 0.05) is 0 Å². The van der Waals surface area contributed by atoms with E-state index in [0.717, 1.165) is 0 Å². The molecule has 2 amide bonds. The van der Waals surface area contributed by atoms with Crippen molar-refractivity contribution >= 4 is 18.2 Å². The number of ether oxygens (including phenoxy) is 2. The number of hydrogen-bond donors (Lipinski definition) is 1. The van der Waals surface area contributed by atoms with Gasteiger partial charge in [0.2, 0.25) is 0 Å². The Bertz CT molecular complexity index is 436. The van der Waals surface area contributed by atoms with E-state index in [2.05, 4.69) is 0 Å². The van der Waals surface area contributed by atoms with Crippen LogP contribution in [0.15, 0.2) is 0 Å². The summed E-state index contributed by atoms with van der Waals surface area (Å²) in [6.07, 6.45) is -2.09. The molecule has 0 saturated carbocycles. The van der Waals surface area contributed by atoms with Crippen LogP contribution in [-0.4, -0.2) is 45.4 Å². The molecule has 0 aromatic heterocycles. The predicted molar refractivity (Wildman–Crippen MR) is 85.2 cm³/mol. The molecule has 0 fully saturated rings. The zero-order chi connectivity index (χ0) is 18.8. The van der Waals surface area contributed by atoms with Gasteiger partial charge in [-0.25, -0.2) is 14.4 Å². The van der Waals surface area contributed by atoms with Gasteiger partial charge in [-0.3, -0.25) is 0 Å². The number of carboxylic acid groups (broad SMARTS) is 1. The van der Waals surface area contributed by atoms with Gasteiger partial charge in [-0.15, -0.1) is 0 Å². The zero-order valence-electron chi connectivity index (χ0n) is 15.5. The van der Waals surface area contributed by atoms with Gasteiger partial charge in [0.1, 0.15) is 17.2 Å². The van der Waals surface area contributed by atoms with E-state index in [1.54, 1.807) is 62.3 Å². The van der Waals surface area contributed by atoms with Crippen molar-refractivity contribution in [1.82, 2.24) is 4.90 Å². The maximum absolute atomic E-state index is 12.4. The van der Waals surface area contributed by atoms with Crippen LogP contribution in [0.4, 0.5) is 9.59 Å². The van der Waals surface area contributed by atoms with Crippen LogP contribution in [0, 0.1) is 5.41 Å². The lowest BCUT2D eigenvalue weighted by molar-refractivity contribution is -0.147. The zero-order valence-corrected chi connectivity index (χ0v) is 15.5. The van der Waals surface area contributed by atoms with Gasteiger partial charge in [0.25, 0.3) is 0 Å². The number of aliphatic carboxylic acids is 1. The number of amides is 2. The minimum absolute atomic E-state index is 0.541. The van der Waals surface area contributed by atoms with E-state index < -0.39 is 40.8 Å². The Balaban J connectivity index is 5.83. The third-order valence-electron chi connectivity index (χ3n) is 2.49. The molecule has 0 unspecified atom stereocenters. The quantitative estimate of drug-likeness (QED) is 0.830. The van der Waals surface area contributed by atoms with Gasteiger partial charge in [-0.2, -0.15) is 4.90 Å². The molecule has 0 spiro atoms. The number of nitrogens with zero attached hydrogens (tertiary/aromatic N) is 1. The highest BCUT2D eigenvalue weighted by Gasteiger charge is 2.46. The van der Waals surface area contributed by atoms with Crippen LogP contribution >= 0.6 is 0 Å². The molecule has 0 radical (unpaired) electrons. The van der Waals surface area contributed by atoms with Crippen molar-refractivity contribution in [2.45, 2.75) is 79.6 Å². The van der Waals surface area contributed by atoms with E-state index in [1.165, 1.54) is 0 Å². The summed E-state index contributed by atoms with van der Waals surface area (Å²) < 4.78 is 10.4. The molecule has 0 heterocycles. The maximum atomic E-state index is 12.4. The summed E-state index contributed by atoms with van der Waals surface area (Å²) >= 11 is 0. The van der Waals surface area contributed by atoms with Crippen LogP contribution in [0.25, 0.3) is 0 Å². The fourth-order valence-corrected chi connectivity index (χ4v) is 1.78. The highest BCUT2D eigenvalue weighted by molar-refractivity contribution is 5.94. The molecule has 23 heavy (non-hydrogen) atoms. The van der Waals surface area contributed by atoms with E-state index in [-0.39, 0.29) is 0 Å². The number of carbonyl (C=O) groups is 3. The second kappa shape index (κ2) is 6.76. The first-order valence-electron chi connectivity index (χ1n) is 7.44. The van der Waals surface area contributed by atoms with Crippen LogP contribution < -0.4 is 0 Å². The summed E-state index contributed by atoms with van der Waals surface area (Å²) in [6.45, 7) is 14.6. The predicted octanol–water partition coefficient (Wildman–Crippen LogP) is 3.66. The molecule has 0 bridgehead atoms. The van der Waals surface area contributed by atoms with Gasteiger partial charge >= 0.3 is 18.2 Å². The Labute approximate surface area is 137 Å². The number of rotatable bonds is 2. The molecule has 7 nitrogen and oxygen atoms in total. The summed E-state index contributed by atoms with van der Waals surface area (Å²) in [7, 11) is 0. The molecule has 0 aliphatic heterocycles. The monoisotopic (exact) mass is 331 g/mol. The lowest BCUT2D eigenvalue weighted by Crippen LogP contribution is -2.56. The van der Waals surface area contributed by atoms with Crippen LogP contribution in [-0.2, 0) is 14.3 Å². The second-order valence-corrected chi connectivity index (χ2v) is 8.44. The van der Waals surface area contributed by atoms with Crippen molar-refractivity contribution in [3.05, 3.63) is 0 Å². The van der Waals surface area contributed by atoms with Crippen LogP contribution in [0.1, 0.15) is 62.3 Å². The molecule has 134 valence electrons. The Hall–Kier alpha value is -1.79. The first-order valence-corrected chi connectivity index (χ1v) is 7.44. The van der Waals surface area contributed by atoms with E-state index in [1.807, 2.05) is 0 Å². The molecule has 0 rings (SSSR count). The normalized spacial score (nSPS) is 14.0. The second-order valence-electron chi connectivity index (χ2n) is 8.44. The molecule has 1 N–H and O–H groups in total. The standard InChI is InChI=1S/C16H29NO6/c1-14(2,3)10(11(18)19)17(12(20)22-15(4,5)6)13(21)23-16(7,8)9/h10H,1-9H3,(H,18,19)/t10-/m1/s1.